The van der Waals surface area contributed by atoms with Crippen molar-refractivity contribution < 1.29 is 13.7 Å². The second kappa shape index (κ2) is 6.73. The molecule has 0 atom stereocenters. The summed E-state index contributed by atoms with van der Waals surface area (Å²) < 4.78 is 18.9. The number of carbonyl (C=O) groups is 1. The lowest BCUT2D eigenvalue weighted by Crippen LogP contribution is -2.48. The molecule has 2 aromatic rings. The van der Waals surface area contributed by atoms with Gasteiger partial charge in [0.2, 0.25) is 0 Å². The minimum Gasteiger partial charge on any atom is -0.361 e. The van der Waals surface area contributed by atoms with Crippen LogP contribution in [0.4, 0.5) is 4.39 Å². The summed E-state index contributed by atoms with van der Waals surface area (Å²) in [6.07, 6.45) is 0. The first-order valence-electron chi connectivity index (χ1n) is 8.15. The fourth-order valence-corrected chi connectivity index (χ4v) is 2.97. The van der Waals surface area contributed by atoms with Crippen molar-refractivity contribution in [2.45, 2.75) is 27.3 Å². The number of piperazine rings is 1. The Bertz CT molecular complexity index is 729. The van der Waals surface area contributed by atoms with Crippen LogP contribution in [0.3, 0.4) is 0 Å². The molecule has 128 valence electrons. The number of rotatable bonds is 3. The molecule has 5 nitrogen and oxygen atoms in total. The molecular formula is C18H22FN3O2. The number of amides is 1. The summed E-state index contributed by atoms with van der Waals surface area (Å²) in [5, 5.41) is 3.98. The van der Waals surface area contributed by atoms with Gasteiger partial charge in [-0.25, -0.2) is 4.39 Å². The van der Waals surface area contributed by atoms with E-state index in [1.807, 2.05) is 13.8 Å². The van der Waals surface area contributed by atoms with E-state index < -0.39 is 0 Å². The van der Waals surface area contributed by atoms with Crippen LogP contribution in [0.5, 0.6) is 0 Å². The molecule has 0 N–H and O–H groups in total. The molecule has 1 aromatic heterocycles. The maximum Gasteiger partial charge on any atom is 0.254 e. The minimum absolute atomic E-state index is 0.106. The van der Waals surface area contributed by atoms with Crippen molar-refractivity contribution in [1.29, 1.82) is 0 Å². The van der Waals surface area contributed by atoms with E-state index in [1.54, 1.807) is 24.0 Å². The standard InChI is InChI=1S/C18H22FN3O2/c1-12-4-5-15(10-17(12)19)18(23)22-8-6-21(7-9-22)11-16-13(2)20-24-14(16)3/h4-5,10H,6-9,11H2,1-3H3. The number of hydrogen-bond acceptors (Lipinski definition) is 4. The van der Waals surface area contributed by atoms with E-state index >= 15 is 0 Å². The van der Waals surface area contributed by atoms with E-state index in [4.69, 9.17) is 4.52 Å². The SMILES string of the molecule is Cc1ccc(C(=O)N2CCN(Cc3c(C)noc3C)CC2)cc1F. The normalized spacial score (nSPS) is 15.8. The molecule has 1 amide bonds. The molecule has 3 rings (SSSR count). The fourth-order valence-electron chi connectivity index (χ4n) is 2.97. The Hall–Kier alpha value is -2.21. The van der Waals surface area contributed by atoms with Crippen LogP contribution in [0.2, 0.25) is 0 Å². The van der Waals surface area contributed by atoms with Crippen molar-refractivity contribution in [3.63, 3.8) is 0 Å². The van der Waals surface area contributed by atoms with Crippen molar-refractivity contribution >= 4 is 5.91 Å². The number of halogens is 1. The molecule has 0 aliphatic carbocycles. The summed E-state index contributed by atoms with van der Waals surface area (Å²) in [5.74, 6) is 0.407. The van der Waals surface area contributed by atoms with E-state index in [2.05, 4.69) is 10.1 Å². The number of hydrogen-bond donors (Lipinski definition) is 0. The Kier molecular flexibility index (Phi) is 4.66. The summed E-state index contributed by atoms with van der Waals surface area (Å²) in [4.78, 5) is 16.6. The van der Waals surface area contributed by atoms with Crippen molar-refractivity contribution in [1.82, 2.24) is 15.0 Å². The highest BCUT2D eigenvalue weighted by molar-refractivity contribution is 5.94. The molecule has 6 heteroatoms. The Morgan fingerprint density at radius 1 is 1.21 bits per heavy atom. The molecule has 24 heavy (non-hydrogen) atoms. The monoisotopic (exact) mass is 331 g/mol. The van der Waals surface area contributed by atoms with Crippen LogP contribution in [-0.4, -0.2) is 47.0 Å². The zero-order valence-corrected chi connectivity index (χ0v) is 14.3. The first kappa shape index (κ1) is 16.6. The average Bonchev–Trinajstić information content (AvgIpc) is 2.89. The first-order chi connectivity index (χ1) is 11.5. The number of benzene rings is 1. The maximum atomic E-state index is 13.7. The summed E-state index contributed by atoms with van der Waals surface area (Å²) >= 11 is 0. The highest BCUT2D eigenvalue weighted by Crippen LogP contribution is 2.17. The predicted octanol–water partition coefficient (Wildman–Crippen LogP) is 2.70. The molecule has 0 saturated carbocycles. The second-order valence-corrected chi connectivity index (χ2v) is 6.34. The Balaban J connectivity index is 1.60. The summed E-state index contributed by atoms with van der Waals surface area (Å²) in [5.41, 5.74) is 3.00. The van der Waals surface area contributed by atoms with Crippen molar-refractivity contribution in [2.24, 2.45) is 0 Å². The molecular weight excluding hydrogens is 309 g/mol. The molecule has 0 bridgehead atoms. The van der Waals surface area contributed by atoms with Gasteiger partial charge in [0, 0.05) is 43.9 Å². The van der Waals surface area contributed by atoms with Gasteiger partial charge in [0.15, 0.2) is 0 Å². The Labute approximate surface area is 141 Å². The van der Waals surface area contributed by atoms with Gasteiger partial charge in [-0.15, -0.1) is 0 Å². The lowest BCUT2D eigenvalue weighted by Gasteiger charge is -2.34. The quantitative estimate of drug-likeness (QED) is 0.868. The minimum atomic E-state index is -0.335. The van der Waals surface area contributed by atoms with Crippen molar-refractivity contribution in [3.05, 3.63) is 52.2 Å². The second-order valence-electron chi connectivity index (χ2n) is 6.34. The van der Waals surface area contributed by atoms with Crippen LogP contribution in [0.1, 0.15) is 32.9 Å². The van der Waals surface area contributed by atoms with Gasteiger partial charge in [-0.05, 0) is 38.5 Å². The molecule has 1 aliphatic rings. The van der Waals surface area contributed by atoms with Crippen molar-refractivity contribution in [2.75, 3.05) is 26.2 Å². The first-order valence-corrected chi connectivity index (χ1v) is 8.15. The van der Waals surface area contributed by atoms with Crippen LogP contribution >= 0.6 is 0 Å². The van der Waals surface area contributed by atoms with Gasteiger partial charge < -0.3 is 9.42 Å². The third-order valence-electron chi connectivity index (χ3n) is 4.64. The summed E-state index contributed by atoms with van der Waals surface area (Å²) in [7, 11) is 0. The van der Waals surface area contributed by atoms with Crippen molar-refractivity contribution in [3.8, 4) is 0 Å². The van der Waals surface area contributed by atoms with Gasteiger partial charge >= 0.3 is 0 Å². The van der Waals surface area contributed by atoms with E-state index in [1.165, 1.54) is 6.07 Å². The van der Waals surface area contributed by atoms with Crippen LogP contribution < -0.4 is 0 Å². The van der Waals surface area contributed by atoms with Crippen LogP contribution in [0.15, 0.2) is 22.7 Å². The van der Waals surface area contributed by atoms with E-state index in [0.717, 1.165) is 36.7 Å². The molecule has 0 unspecified atom stereocenters. The molecule has 1 saturated heterocycles. The molecule has 0 spiro atoms. The maximum absolute atomic E-state index is 13.7. The van der Waals surface area contributed by atoms with Gasteiger partial charge in [-0.2, -0.15) is 0 Å². The van der Waals surface area contributed by atoms with E-state index in [0.29, 0.717) is 24.2 Å². The largest absolute Gasteiger partial charge is 0.361 e. The number of aromatic nitrogens is 1. The van der Waals surface area contributed by atoms with E-state index in [9.17, 15) is 9.18 Å². The zero-order valence-electron chi connectivity index (χ0n) is 14.3. The highest BCUT2D eigenvalue weighted by Gasteiger charge is 2.24. The third-order valence-corrected chi connectivity index (χ3v) is 4.64. The molecule has 0 radical (unpaired) electrons. The smallest absolute Gasteiger partial charge is 0.254 e. The molecule has 1 aliphatic heterocycles. The predicted molar refractivity (Wildman–Crippen MR) is 88.3 cm³/mol. The molecule has 1 fully saturated rings. The van der Waals surface area contributed by atoms with Gasteiger partial charge in [0.05, 0.1) is 5.69 Å². The molecule has 1 aromatic carbocycles. The van der Waals surface area contributed by atoms with Gasteiger partial charge in [0.25, 0.3) is 5.91 Å². The average molecular weight is 331 g/mol. The third kappa shape index (κ3) is 3.33. The lowest BCUT2D eigenvalue weighted by atomic mass is 10.1. The number of carbonyl (C=O) groups excluding carboxylic acids is 1. The lowest BCUT2D eigenvalue weighted by molar-refractivity contribution is 0.0627. The topological polar surface area (TPSA) is 49.6 Å². The van der Waals surface area contributed by atoms with Crippen LogP contribution in [0.25, 0.3) is 0 Å². The van der Waals surface area contributed by atoms with Crippen LogP contribution in [0, 0.1) is 26.6 Å². The highest BCUT2D eigenvalue weighted by atomic mass is 19.1. The summed E-state index contributed by atoms with van der Waals surface area (Å²) in [6, 6.07) is 4.67. The number of nitrogens with zero attached hydrogens (tertiary/aromatic N) is 3. The Morgan fingerprint density at radius 2 is 1.92 bits per heavy atom. The van der Waals surface area contributed by atoms with E-state index in [-0.39, 0.29) is 11.7 Å². The zero-order chi connectivity index (χ0) is 17.3. The molecule has 2 heterocycles. The van der Waals surface area contributed by atoms with Gasteiger partial charge in [-0.1, -0.05) is 11.2 Å². The van der Waals surface area contributed by atoms with Gasteiger partial charge in [0.1, 0.15) is 11.6 Å². The van der Waals surface area contributed by atoms with Crippen LogP contribution in [-0.2, 0) is 6.54 Å². The summed E-state index contributed by atoms with van der Waals surface area (Å²) in [6.45, 7) is 9.17. The van der Waals surface area contributed by atoms with Gasteiger partial charge in [-0.3, -0.25) is 9.69 Å². The fraction of sp³-hybridized carbons (Fsp3) is 0.444. The number of aryl methyl sites for hydroxylation is 3. The Morgan fingerprint density at radius 3 is 2.50 bits per heavy atom.